The molecule has 0 saturated carbocycles. The van der Waals surface area contributed by atoms with Crippen LogP contribution in [-0.4, -0.2) is 9.55 Å². The minimum atomic E-state index is -0.458. The first kappa shape index (κ1) is 14.6. The number of halogens is 1. The van der Waals surface area contributed by atoms with Crippen molar-refractivity contribution in [3.8, 4) is 11.1 Å². The van der Waals surface area contributed by atoms with E-state index in [0.29, 0.717) is 23.6 Å². The monoisotopic (exact) mass is 292 g/mol. The molecule has 4 nitrogen and oxygen atoms in total. The second kappa shape index (κ2) is 6.09. The molecule has 0 spiro atoms. The van der Waals surface area contributed by atoms with Crippen molar-refractivity contribution in [3.05, 3.63) is 56.3 Å². The van der Waals surface area contributed by atoms with Crippen molar-refractivity contribution in [1.29, 1.82) is 0 Å². The molecule has 1 heterocycles. The van der Waals surface area contributed by atoms with Gasteiger partial charge in [-0.3, -0.25) is 14.3 Å². The SMILES string of the molecule is CC(C)CCn1c(=O)[nH]c(Cl)c(-c2ccccc2)c1=O. The van der Waals surface area contributed by atoms with Crippen LogP contribution in [0.2, 0.25) is 5.15 Å². The smallest absolute Gasteiger partial charge is 0.297 e. The van der Waals surface area contributed by atoms with Gasteiger partial charge in [0, 0.05) is 6.54 Å². The normalized spacial score (nSPS) is 11.0. The Morgan fingerprint density at radius 3 is 2.45 bits per heavy atom. The minimum Gasteiger partial charge on any atom is -0.297 e. The summed E-state index contributed by atoms with van der Waals surface area (Å²) in [5.41, 5.74) is 0.249. The number of hydrogen-bond donors (Lipinski definition) is 1. The Labute approximate surface area is 122 Å². The summed E-state index contributed by atoms with van der Waals surface area (Å²) in [7, 11) is 0. The van der Waals surface area contributed by atoms with Crippen LogP contribution < -0.4 is 11.2 Å². The van der Waals surface area contributed by atoms with Crippen molar-refractivity contribution in [2.75, 3.05) is 0 Å². The summed E-state index contributed by atoms with van der Waals surface area (Å²) in [5, 5.41) is 0.0898. The molecule has 0 atom stereocenters. The van der Waals surface area contributed by atoms with Gasteiger partial charge in [0.2, 0.25) is 0 Å². The third-order valence-corrected chi connectivity index (χ3v) is 3.42. The van der Waals surface area contributed by atoms with Crippen LogP contribution in [0.5, 0.6) is 0 Å². The molecular weight excluding hydrogens is 276 g/mol. The summed E-state index contributed by atoms with van der Waals surface area (Å²) >= 11 is 6.04. The van der Waals surface area contributed by atoms with Gasteiger partial charge in [0.05, 0.1) is 5.56 Å². The Morgan fingerprint density at radius 2 is 1.85 bits per heavy atom. The van der Waals surface area contributed by atoms with E-state index in [9.17, 15) is 9.59 Å². The molecule has 2 aromatic rings. The van der Waals surface area contributed by atoms with Gasteiger partial charge >= 0.3 is 5.69 Å². The molecule has 2 rings (SSSR count). The highest BCUT2D eigenvalue weighted by molar-refractivity contribution is 6.32. The molecule has 1 aromatic heterocycles. The Morgan fingerprint density at radius 1 is 1.20 bits per heavy atom. The lowest BCUT2D eigenvalue weighted by molar-refractivity contribution is 0.495. The van der Waals surface area contributed by atoms with Gasteiger partial charge in [-0.25, -0.2) is 4.79 Å². The molecule has 20 heavy (non-hydrogen) atoms. The van der Waals surface area contributed by atoms with Crippen molar-refractivity contribution in [1.82, 2.24) is 9.55 Å². The van der Waals surface area contributed by atoms with Crippen LogP contribution in [0.1, 0.15) is 20.3 Å². The summed E-state index contributed by atoms with van der Waals surface area (Å²) in [6.07, 6.45) is 0.763. The van der Waals surface area contributed by atoms with Crippen molar-refractivity contribution < 1.29 is 0 Å². The van der Waals surface area contributed by atoms with E-state index in [1.807, 2.05) is 32.0 Å². The maximum absolute atomic E-state index is 12.5. The average molecular weight is 293 g/mol. The molecule has 0 aliphatic heterocycles. The number of nitrogens with one attached hydrogen (secondary N) is 1. The Bertz CT molecular complexity index is 702. The van der Waals surface area contributed by atoms with Crippen molar-refractivity contribution in [2.24, 2.45) is 5.92 Å². The first-order chi connectivity index (χ1) is 9.50. The van der Waals surface area contributed by atoms with Crippen molar-refractivity contribution in [3.63, 3.8) is 0 Å². The molecule has 0 saturated heterocycles. The summed E-state index contributed by atoms with van der Waals surface area (Å²) in [6, 6.07) is 9.12. The van der Waals surface area contributed by atoms with Crippen molar-refractivity contribution in [2.45, 2.75) is 26.8 Å². The minimum absolute atomic E-state index is 0.0898. The number of rotatable bonds is 4. The molecule has 0 unspecified atom stereocenters. The zero-order valence-corrected chi connectivity index (χ0v) is 12.3. The maximum atomic E-state index is 12.5. The molecule has 1 aromatic carbocycles. The van der Waals surface area contributed by atoms with E-state index in [-0.39, 0.29) is 10.7 Å². The maximum Gasteiger partial charge on any atom is 0.329 e. The summed E-state index contributed by atoms with van der Waals surface area (Å²) < 4.78 is 1.22. The van der Waals surface area contributed by atoms with Crippen LogP contribution in [-0.2, 0) is 6.54 Å². The number of benzene rings is 1. The Balaban J connectivity index is 2.57. The zero-order valence-electron chi connectivity index (χ0n) is 11.5. The molecule has 0 amide bonds. The number of aromatic amines is 1. The van der Waals surface area contributed by atoms with Gasteiger partial charge in [0.15, 0.2) is 0 Å². The molecule has 0 aliphatic carbocycles. The summed E-state index contributed by atoms with van der Waals surface area (Å²) in [4.78, 5) is 26.9. The fourth-order valence-corrected chi connectivity index (χ4v) is 2.26. The lowest BCUT2D eigenvalue weighted by Gasteiger charge is -2.10. The highest BCUT2D eigenvalue weighted by Crippen LogP contribution is 2.20. The number of hydrogen-bond acceptors (Lipinski definition) is 2. The average Bonchev–Trinajstić information content (AvgIpc) is 2.38. The van der Waals surface area contributed by atoms with E-state index in [1.54, 1.807) is 12.1 Å². The van der Waals surface area contributed by atoms with E-state index >= 15 is 0 Å². The Kier molecular flexibility index (Phi) is 4.45. The number of H-pyrrole nitrogens is 1. The van der Waals surface area contributed by atoms with Gasteiger partial charge in [-0.1, -0.05) is 55.8 Å². The zero-order chi connectivity index (χ0) is 14.7. The molecule has 0 bridgehead atoms. The first-order valence-corrected chi connectivity index (χ1v) is 6.96. The summed E-state index contributed by atoms with van der Waals surface area (Å²) in [5.74, 6) is 0.414. The highest BCUT2D eigenvalue weighted by Gasteiger charge is 2.14. The van der Waals surface area contributed by atoms with Gasteiger partial charge in [-0.2, -0.15) is 0 Å². The largest absolute Gasteiger partial charge is 0.329 e. The highest BCUT2D eigenvalue weighted by atomic mass is 35.5. The van der Waals surface area contributed by atoms with Crippen LogP contribution in [0.4, 0.5) is 0 Å². The van der Waals surface area contributed by atoms with Crippen LogP contribution in [0.3, 0.4) is 0 Å². The fraction of sp³-hybridized carbons (Fsp3) is 0.333. The molecule has 0 aliphatic rings. The lowest BCUT2D eigenvalue weighted by Crippen LogP contribution is -2.36. The number of nitrogens with zero attached hydrogens (tertiary/aromatic N) is 1. The fourth-order valence-electron chi connectivity index (χ4n) is 1.99. The quantitative estimate of drug-likeness (QED) is 0.881. The molecular formula is C15H17ClN2O2. The molecule has 106 valence electrons. The lowest BCUT2D eigenvalue weighted by atomic mass is 10.1. The second-order valence-corrected chi connectivity index (χ2v) is 5.50. The van der Waals surface area contributed by atoms with Crippen LogP contribution in [0.15, 0.2) is 39.9 Å². The van der Waals surface area contributed by atoms with E-state index in [2.05, 4.69) is 4.98 Å². The van der Waals surface area contributed by atoms with Crippen LogP contribution in [0, 0.1) is 5.92 Å². The summed E-state index contributed by atoms with van der Waals surface area (Å²) in [6.45, 7) is 4.49. The van der Waals surface area contributed by atoms with Gasteiger partial charge < -0.3 is 0 Å². The van der Waals surface area contributed by atoms with Gasteiger partial charge in [0.1, 0.15) is 5.15 Å². The third kappa shape index (κ3) is 3.02. The van der Waals surface area contributed by atoms with Crippen molar-refractivity contribution >= 4 is 11.6 Å². The van der Waals surface area contributed by atoms with Crippen LogP contribution in [0.25, 0.3) is 11.1 Å². The number of aromatic nitrogens is 2. The second-order valence-electron chi connectivity index (χ2n) is 5.12. The topological polar surface area (TPSA) is 54.9 Å². The predicted molar refractivity (Wildman–Crippen MR) is 81.2 cm³/mol. The van der Waals surface area contributed by atoms with Gasteiger partial charge in [-0.15, -0.1) is 0 Å². The van der Waals surface area contributed by atoms with E-state index < -0.39 is 5.69 Å². The third-order valence-electron chi connectivity index (χ3n) is 3.13. The van der Waals surface area contributed by atoms with Gasteiger partial charge in [0.25, 0.3) is 5.56 Å². The molecule has 5 heteroatoms. The van der Waals surface area contributed by atoms with E-state index in [1.165, 1.54) is 4.57 Å². The first-order valence-electron chi connectivity index (χ1n) is 6.58. The van der Waals surface area contributed by atoms with E-state index in [0.717, 1.165) is 6.42 Å². The Hall–Kier alpha value is -1.81. The molecule has 0 radical (unpaired) electrons. The predicted octanol–water partition coefficient (Wildman–Crippen LogP) is 2.90. The molecule has 1 N–H and O–H groups in total. The van der Waals surface area contributed by atoms with Crippen LogP contribution >= 0.6 is 11.6 Å². The van der Waals surface area contributed by atoms with E-state index in [4.69, 9.17) is 11.6 Å². The van der Waals surface area contributed by atoms with Gasteiger partial charge in [-0.05, 0) is 17.9 Å². The standard InChI is InChI=1S/C15H17ClN2O2/c1-10(2)8-9-18-14(19)12(13(16)17-15(18)20)11-6-4-3-5-7-11/h3-7,10H,8-9H2,1-2H3,(H,17,20). The molecule has 0 fully saturated rings.